The number of aromatic nitrogens is 4. The van der Waals surface area contributed by atoms with Gasteiger partial charge in [0.05, 0.1) is 30.2 Å². The Hall–Kier alpha value is -1.46. The molecular formula is C15H19ClN4O. The Morgan fingerprint density at radius 1 is 1.29 bits per heavy atom. The van der Waals surface area contributed by atoms with Crippen LogP contribution in [0.2, 0.25) is 5.15 Å². The highest BCUT2D eigenvalue weighted by Gasteiger charge is 2.26. The number of hydrogen-bond donors (Lipinski definition) is 0. The van der Waals surface area contributed by atoms with Crippen molar-refractivity contribution < 1.29 is 4.74 Å². The van der Waals surface area contributed by atoms with Gasteiger partial charge in [-0.1, -0.05) is 32.4 Å². The van der Waals surface area contributed by atoms with Crippen molar-refractivity contribution in [1.82, 2.24) is 19.7 Å². The summed E-state index contributed by atoms with van der Waals surface area (Å²) in [4.78, 5) is 9.17. The largest absolute Gasteiger partial charge is 0.376 e. The quantitative estimate of drug-likeness (QED) is 0.760. The average Bonchev–Trinajstić information content (AvgIpc) is 2.81. The lowest BCUT2D eigenvalue weighted by Crippen LogP contribution is -2.16. The highest BCUT2D eigenvalue weighted by molar-refractivity contribution is 6.30. The fraction of sp³-hybridized carbons (Fsp3) is 0.533. The van der Waals surface area contributed by atoms with Gasteiger partial charge in [0.1, 0.15) is 5.15 Å². The first-order valence-electron chi connectivity index (χ1n) is 7.04. The minimum absolute atomic E-state index is 0.0779. The van der Waals surface area contributed by atoms with E-state index in [0.717, 1.165) is 28.9 Å². The molecule has 2 aromatic rings. The van der Waals surface area contributed by atoms with Crippen molar-refractivity contribution in [2.45, 2.75) is 39.2 Å². The summed E-state index contributed by atoms with van der Waals surface area (Å²) in [5, 5.41) is 5.05. The van der Waals surface area contributed by atoms with E-state index in [9.17, 15) is 0 Å². The van der Waals surface area contributed by atoms with Crippen LogP contribution in [-0.4, -0.2) is 26.4 Å². The smallest absolute Gasteiger partial charge is 0.164 e. The van der Waals surface area contributed by atoms with Gasteiger partial charge < -0.3 is 4.74 Å². The zero-order valence-electron chi connectivity index (χ0n) is 12.8. The molecule has 5 nitrogen and oxygen atoms in total. The molecule has 0 N–H and O–H groups in total. The second-order valence-corrected chi connectivity index (χ2v) is 6.74. The summed E-state index contributed by atoms with van der Waals surface area (Å²) < 4.78 is 7.22. The molecule has 6 heteroatoms. The minimum atomic E-state index is -0.0779. The molecule has 0 atom stereocenters. The van der Waals surface area contributed by atoms with Crippen LogP contribution < -0.4 is 0 Å². The molecule has 3 rings (SSSR count). The number of aryl methyl sites for hydroxylation is 1. The lowest BCUT2D eigenvalue weighted by molar-refractivity contribution is 0.109. The van der Waals surface area contributed by atoms with Crippen molar-refractivity contribution in [3.8, 4) is 11.4 Å². The molecule has 0 amide bonds. The second kappa shape index (κ2) is 5.07. The third-order valence-electron chi connectivity index (χ3n) is 3.55. The third kappa shape index (κ3) is 2.68. The molecule has 0 unspecified atom stereocenters. The van der Waals surface area contributed by atoms with E-state index in [1.54, 1.807) is 4.68 Å². The molecule has 0 fully saturated rings. The first kappa shape index (κ1) is 14.5. The number of fused-ring (bicyclic) bond motifs is 1. The summed E-state index contributed by atoms with van der Waals surface area (Å²) in [6, 6.07) is 0. The molecule has 0 spiro atoms. The van der Waals surface area contributed by atoms with Crippen molar-refractivity contribution in [2.24, 2.45) is 7.05 Å². The van der Waals surface area contributed by atoms with Crippen LogP contribution in [-0.2, 0) is 30.2 Å². The van der Waals surface area contributed by atoms with E-state index in [1.165, 1.54) is 0 Å². The molecule has 3 heterocycles. The van der Waals surface area contributed by atoms with E-state index < -0.39 is 0 Å². The number of hydrogen-bond acceptors (Lipinski definition) is 4. The standard InChI is InChI=1S/C15H19ClN4O/c1-15(2,3)12-9(7-20(4)19-12)14-17-11-5-6-21-8-10(11)13(16)18-14/h7H,5-6,8H2,1-4H3. The first-order valence-corrected chi connectivity index (χ1v) is 7.41. The monoisotopic (exact) mass is 306 g/mol. The van der Waals surface area contributed by atoms with Gasteiger partial charge in [-0.25, -0.2) is 9.97 Å². The van der Waals surface area contributed by atoms with Crippen molar-refractivity contribution in [2.75, 3.05) is 6.61 Å². The molecule has 0 saturated carbocycles. The first-order chi connectivity index (χ1) is 9.86. The zero-order chi connectivity index (χ0) is 15.2. The van der Waals surface area contributed by atoms with Crippen LogP contribution in [0.1, 0.15) is 37.7 Å². The zero-order valence-corrected chi connectivity index (χ0v) is 13.5. The van der Waals surface area contributed by atoms with E-state index in [4.69, 9.17) is 21.3 Å². The minimum Gasteiger partial charge on any atom is -0.376 e. The summed E-state index contributed by atoms with van der Waals surface area (Å²) in [6.45, 7) is 7.57. The topological polar surface area (TPSA) is 52.8 Å². The molecule has 0 saturated heterocycles. The molecule has 112 valence electrons. The van der Waals surface area contributed by atoms with E-state index in [2.05, 4.69) is 30.9 Å². The van der Waals surface area contributed by atoms with Crippen LogP contribution in [0.25, 0.3) is 11.4 Å². The Bertz CT molecular complexity index is 688. The predicted octanol–water partition coefficient (Wildman–Crippen LogP) is 2.90. The van der Waals surface area contributed by atoms with E-state index in [-0.39, 0.29) is 5.41 Å². The maximum atomic E-state index is 6.31. The van der Waals surface area contributed by atoms with Gasteiger partial charge in [0.15, 0.2) is 5.82 Å². The Balaban J connectivity index is 2.15. The second-order valence-electron chi connectivity index (χ2n) is 6.38. The van der Waals surface area contributed by atoms with E-state index in [0.29, 0.717) is 24.2 Å². The number of rotatable bonds is 1. The highest BCUT2D eigenvalue weighted by atomic mass is 35.5. The summed E-state index contributed by atoms with van der Waals surface area (Å²) in [7, 11) is 1.91. The maximum Gasteiger partial charge on any atom is 0.164 e. The number of ether oxygens (including phenoxy) is 1. The van der Waals surface area contributed by atoms with E-state index in [1.807, 2.05) is 13.2 Å². The predicted molar refractivity (Wildman–Crippen MR) is 81.3 cm³/mol. The van der Waals surface area contributed by atoms with Crippen LogP contribution in [0.4, 0.5) is 0 Å². The molecule has 1 aliphatic rings. The highest BCUT2D eigenvalue weighted by Crippen LogP contribution is 2.32. The fourth-order valence-corrected chi connectivity index (χ4v) is 2.76. The van der Waals surface area contributed by atoms with Gasteiger partial charge in [-0.3, -0.25) is 4.68 Å². The number of halogens is 1. The SMILES string of the molecule is Cn1cc(-c2nc(Cl)c3c(n2)CCOC3)c(C(C)(C)C)n1. The van der Waals surface area contributed by atoms with Crippen molar-refractivity contribution >= 4 is 11.6 Å². The lowest BCUT2D eigenvalue weighted by atomic mass is 9.89. The molecule has 21 heavy (non-hydrogen) atoms. The summed E-state index contributed by atoms with van der Waals surface area (Å²) in [5.41, 5.74) is 3.74. The van der Waals surface area contributed by atoms with Crippen LogP contribution >= 0.6 is 11.6 Å². The van der Waals surface area contributed by atoms with Crippen molar-refractivity contribution in [3.05, 3.63) is 28.3 Å². The van der Waals surface area contributed by atoms with Gasteiger partial charge in [0.25, 0.3) is 0 Å². The van der Waals surface area contributed by atoms with Crippen LogP contribution in [0.5, 0.6) is 0 Å². The van der Waals surface area contributed by atoms with Crippen LogP contribution in [0.3, 0.4) is 0 Å². The maximum absolute atomic E-state index is 6.31. The van der Waals surface area contributed by atoms with Crippen LogP contribution in [0.15, 0.2) is 6.20 Å². The number of nitrogens with zero attached hydrogens (tertiary/aromatic N) is 4. The normalized spacial score (nSPS) is 15.1. The Labute approximate surface area is 129 Å². The van der Waals surface area contributed by atoms with Gasteiger partial charge >= 0.3 is 0 Å². The summed E-state index contributed by atoms with van der Waals surface area (Å²) in [5.74, 6) is 0.652. The van der Waals surface area contributed by atoms with Crippen LogP contribution in [0, 0.1) is 0 Å². The van der Waals surface area contributed by atoms with E-state index >= 15 is 0 Å². The Kier molecular flexibility index (Phi) is 3.50. The average molecular weight is 307 g/mol. The van der Waals surface area contributed by atoms with Gasteiger partial charge in [0.2, 0.25) is 0 Å². The van der Waals surface area contributed by atoms with Gasteiger partial charge in [-0.2, -0.15) is 5.10 Å². The molecule has 0 radical (unpaired) electrons. The molecule has 0 aliphatic carbocycles. The lowest BCUT2D eigenvalue weighted by Gasteiger charge is -2.19. The van der Waals surface area contributed by atoms with Gasteiger partial charge in [-0.05, 0) is 0 Å². The third-order valence-corrected chi connectivity index (χ3v) is 3.86. The summed E-state index contributed by atoms with van der Waals surface area (Å²) in [6.07, 6.45) is 2.73. The summed E-state index contributed by atoms with van der Waals surface area (Å²) >= 11 is 6.31. The van der Waals surface area contributed by atoms with Crippen molar-refractivity contribution in [3.63, 3.8) is 0 Å². The molecule has 2 aromatic heterocycles. The van der Waals surface area contributed by atoms with Gasteiger partial charge in [-0.15, -0.1) is 0 Å². The molecule has 0 aromatic carbocycles. The Morgan fingerprint density at radius 3 is 2.76 bits per heavy atom. The fourth-order valence-electron chi connectivity index (χ4n) is 2.52. The van der Waals surface area contributed by atoms with Crippen molar-refractivity contribution in [1.29, 1.82) is 0 Å². The molecule has 1 aliphatic heterocycles. The Morgan fingerprint density at radius 2 is 2.05 bits per heavy atom. The molecular weight excluding hydrogens is 288 g/mol. The van der Waals surface area contributed by atoms with Gasteiger partial charge in [0, 0.05) is 30.6 Å². The molecule has 0 bridgehead atoms.